The molecule has 4 atom stereocenters. The summed E-state index contributed by atoms with van der Waals surface area (Å²) in [5.41, 5.74) is 0. The molecule has 11 nitrogen and oxygen atoms in total. The quantitative estimate of drug-likeness (QED) is 0.265. The van der Waals surface area contributed by atoms with Crippen LogP contribution in [-0.4, -0.2) is 60.2 Å². The van der Waals surface area contributed by atoms with Crippen LogP contribution in [-0.2, 0) is 23.4 Å². The number of aliphatic hydroxyl groups excluding tert-OH is 2. The molecule has 1 fully saturated rings. The van der Waals surface area contributed by atoms with E-state index in [2.05, 4.69) is 15.2 Å². The molecule has 0 aromatic rings. The molecule has 0 aliphatic carbocycles. The van der Waals surface area contributed by atoms with Crippen LogP contribution >= 0.6 is 7.82 Å². The van der Waals surface area contributed by atoms with Crippen LogP contribution in [0.5, 0.6) is 0 Å². The zero-order chi connectivity index (χ0) is 15.3. The van der Waals surface area contributed by atoms with Gasteiger partial charge >= 0.3 is 0 Å². The molecule has 0 aromatic carbocycles. The molecule has 4 N–H and O–H groups in total. The third-order valence-corrected chi connectivity index (χ3v) is 2.87. The standard InChI is InChI=1S/C8H15N2O9P/c11-3-9-1-5(12)10-8-7(14)6(13)4(19-8)2-18-20(15,16)17/h3-4,6-8,13-14H,1-2H2,(H,9,11)(H,10,12)(H2,15,16,17)/p-2/t4-,6-,7-,8?/m1/s1. The molecule has 0 bridgehead atoms. The largest absolute Gasteiger partial charge is 0.790 e. The van der Waals surface area contributed by atoms with Gasteiger partial charge in [-0.1, -0.05) is 0 Å². The van der Waals surface area contributed by atoms with E-state index >= 15 is 0 Å². The molecule has 12 heteroatoms. The van der Waals surface area contributed by atoms with Crippen molar-refractivity contribution >= 4 is 20.1 Å². The summed E-state index contributed by atoms with van der Waals surface area (Å²) < 4.78 is 19.2. The highest BCUT2D eigenvalue weighted by Crippen LogP contribution is 2.28. The number of rotatable bonds is 7. The van der Waals surface area contributed by atoms with Crippen LogP contribution in [0.2, 0.25) is 0 Å². The molecule has 0 spiro atoms. The number of aliphatic hydroxyl groups is 2. The van der Waals surface area contributed by atoms with E-state index in [0.29, 0.717) is 0 Å². The number of carbonyl (C=O) groups excluding carboxylic acids is 2. The van der Waals surface area contributed by atoms with Gasteiger partial charge in [-0.15, -0.1) is 0 Å². The Balaban J connectivity index is 2.49. The zero-order valence-corrected chi connectivity index (χ0v) is 10.9. The topological polar surface area (TPSA) is 180 Å². The summed E-state index contributed by atoms with van der Waals surface area (Å²) >= 11 is 0. The number of ether oxygens (including phenoxy) is 1. The Morgan fingerprint density at radius 3 is 2.60 bits per heavy atom. The summed E-state index contributed by atoms with van der Waals surface area (Å²) in [6.07, 6.45) is -5.42. The van der Waals surface area contributed by atoms with Crippen LogP contribution in [0.3, 0.4) is 0 Å². The summed E-state index contributed by atoms with van der Waals surface area (Å²) in [6, 6.07) is 0. The van der Waals surface area contributed by atoms with E-state index in [1.807, 2.05) is 0 Å². The number of phosphoric acid groups is 1. The highest BCUT2D eigenvalue weighted by atomic mass is 31.2. The lowest BCUT2D eigenvalue weighted by atomic mass is 10.1. The summed E-state index contributed by atoms with van der Waals surface area (Å²) in [4.78, 5) is 41.8. The zero-order valence-electron chi connectivity index (χ0n) is 10.0. The van der Waals surface area contributed by atoms with Gasteiger partial charge in [0.25, 0.3) is 0 Å². The Morgan fingerprint density at radius 2 is 2.05 bits per heavy atom. The van der Waals surface area contributed by atoms with Gasteiger partial charge in [-0.05, 0) is 0 Å². The van der Waals surface area contributed by atoms with Gasteiger partial charge in [-0.2, -0.15) is 0 Å². The Morgan fingerprint density at radius 1 is 1.40 bits per heavy atom. The van der Waals surface area contributed by atoms with Gasteiger partial charge in [0.15, 0.2) is 6.23 Å². The predicted octanol–water partition coefficient (Wildman–Crippen LogP) is -4.86. The number of nitrogens with one attached hydrogen (secondary N) is 2. The van der Waals surface area contributed by atoms with E-state index in [1.165, 1.54) is 0 Å². The van der Waals surface area contributed by atoms with Crippen molar-refractivity contribution in [1.82, 2.24) is 10.6 Å². The first kappa shape index (κ1) is 17.0. The van der Waals surface area contributed by atoms with E-state index in [-0.39, 0.29) is 13.0 Å². The van der Waals surface area contributed by atoms with Crippen molar-refractivity contribution in [2.45, 2.75) is 24.5 Å². The number of phosphoric ester groups is 1. The van der Waals surface area contributed by atoms with Crippen molar-refractivity contribution < 1.29 is 43.4 Å². The van der Waals surface area contributed by atoms with Crippen molar-refractivity contribution in [3.8, 4) is 0 Å². The average Bonchev–Trinajstić information content (AvgIpc) is 2.61. The minimum absolute atomic E-state index is 0.289. The van der Waals surface area contributed by atoms with E-state index in [1.54, 1.807) is 0 Å². The number of carbonyl (C=O) groups is 2. The Hall–Kier alpha value is -1.07. The predicted molar refractivity (Wildman–Crippen MR) is 56.4 cm³/mol. The summed E-state index contributed by atoms with van der Waals surface area (Å²) in [6.45, 7) is -1.16. The number of hydrogen-bond donors (Lipinski definition) is 4. The highest BCUT2D eigenvalue weighted by Gasteiger charge is 2.43. The molecule has 1 unspecified atom stereocenters. The second-order valence-electron chi connectivity index (χ2n) is 3.89. The first-order chi connectivity index (χ1) is 9.24. The lowest BCUT2D eigenvalue weighted by Gasteiger charge is -2.30. The molecule has 20 heavy (non-hydrogen) atoms. The van der Waals surface area contributed by atoms with Gasteiger partial charge in [-0.3, -0.25) is 9.59 Å². The van der Waals surface area contributed by atoms with Gasteiger partial charge in [-0.25, -0.2) is 0 Å². The van der Waals surface area contributed by atoms with Crippen LogP contribution in [0.15, 0.2) is 0 Å². The van der Waals surface area contributed by atoms with E-state index < -0.39 is 44.9 Å². The van der Waals surface area contributed by atoms with Gasteiger partial charge < -0.3 is 44.5 Å². The van der Waals surface area contributed by atoms with Crippen molar-refractivity contribution in [2.75, 3.05) is 13.2 Å². The van der Waals surface area contributed by atoms with Crippen molar-refractivity contribution in [2.24, 2.45) is 0 Å². The second kappa shape index (κ2) is 7.09. The molecular formula is C8H13N2O9P-2. The van der Waals surface area contributed by atoms with E-state index in [0.717, 1.165) is 0 Å². The highest BCUT2D eigenvalue weighted by molar-refractivity contribution is 7.43. The molecule has 2 amide bonds. The second-order valence-corrected chi connectivity index (χ2v) is 5.04. The first-order valence-corrected chi connectivity index (χ1v) is 6.85. The fraction of sp³-hybridized carbons (Fsp3) is 0.750. The molecule has 1 rings (SSSR count). The lowest BCUT2D eigenvalue weighted by molar-refractivity contribution is -0.343. The molecular weight excluding hydrogens is 299 g/mol. The Bertz CT molecular complexity index is 399. The summed E-state index contributed by atoms with van der Waals surface area (Å²) in [7, 11) is -5.24. The molecule has 1 heterocycles. The summed E-state index contributed by atoms with van der Waals surface area (Å²) in [5, 5.41) is 23.3. The normalized spacial score (nSPS) is 30.0. The van der Waals surface area contributed by atoms with E-state index in [9.17, 15) is 34.2 Å². The third-order valence-electron chi connectivity index (χ3n) is 2.41. The molecule has 1 aliphatic heterocycles. The Kier molecular flexibility index (Phi) is 6.02. The third kappa shape index (κ3) is 5.13. The van der Waals surface area contributed by atoms with Gasteiger partial charge in [0.2, 0.25) is 12.3 Å². The van der Waals surface area contributed by atoms with Crippen LogP contribution in [0.4, 0.5) is 0 Å². The molecule has 0 saturated carbocycles. The minimum atomic E-state index is -5.24. The molecule has 1 saturated heterocycles. The minimum Gasteiger partial charge on any atom is -0.790 e. The van der Waals surface area contributed by atoms with Crippen LogP contribution in [0.1, 0.15) is 0 Å². The van der Waals surface area contributed by atoms with Gasteiger partial charge in [0.1, 0.15) is 18.3 Å². The maximum Gasteiger partial charge on any atom is 0.241 e. The fourth-order valence-electron chi connectivity index (χ4n) is 1.51. The maximum absolute atomic E-state index is 11.3. The maximum atomic E-state index is 11.3. The monoisotopic (exact) mass is 312 g/mol. The van der Waals surface area contributed by atoms with Gasteiger partial charge in [0.05, 0.1) is 21.0 Å². The average molecular weight is 312 g/mol. The van der Waals surface area contributed by atoms with Crippen molar-refractivity contribution in [3.63, 3.8) is 0 Å². The van der Waals surface area contributed by atoms with Gasteiger partial charge in [0, 0.05) is 0 Å². The van der Waals surface area contributed by atoms with Crippen LogP contribution < -0.4 is 20.4 Å². The molecule has 1 aliphatic rings. The van der Waals surface area contributed by atoms with E-state index in [4.69, 9.17) is 4.74 Å². The first-order valence-electron chi connectivity index (χ1n) is 5.39. The van der Waals surface area contributed by atoms with Crippen LogP contribution in [0.25, 0.3) is 0 Å². The number of amides is 2. The number of hydrogen-bond acceptors (Lipinski definition) is 9. The summed E-state index contributed by atoms with van der Waals surface area (Å²) in [5.74, 6) is -0.701. The lowest BCUT2D eigenvalue weighted by Crippen LogP contribution is -2.46. The fourth-order valence-corrected chi connectivity index (χ4v) is 1.84. The molecule has 0 aromatic heterocycles. The molecule has 116 valence electrons. The SMILES string of the molecule is O=CNCC(=O)NC1O[C@H](COP(=O)([O-])[O-])[C@@H](O)[C@H]1O. The van der Waals surface area contributed by atoms with Crippen molar-refractivity contribution in [1.29, 1.82) is 0 Å². The van der Waals surface area contributed by atoms with Crippen molar-refractivity contribution in [3.05, 3.63) is 0 Å². The molecule has 0 radical (unpaired) electrons. The Labute approximate surface area is 113 Å². The smallest absolute Gasteiger partial charge is 0.241 e. The van der Waals surface area contributed by atoms with Crippen LogP contribution in [0, 0.1) is 0 Å².